The average molecular weight is 231 g/mol. The summed E-state index contributed by atoms with van der Waals surface area (Å²) < 4.78 is 5.34. The first-order chi connectivity index (χ1) is 7.35. The van der Waals surface area contributed by atoms with Gasteiger partial charge >= 0.3 is 0 Å². The quantitative estimate of drug-likeness (QED) is 0.719. The SMILES string of the molecule is NCC1(NN2CCOCC2)CCSCC1. The largest absolute Gasteiger partial charge is 0.379 e. The van der Waals surface area contributed by atoms with Crippen LogP contribution in [-0.4, -0.2) is 54.9 Å². The molecule has 0 aliphatic carbocycles. The fraction of sp³-hybridized carbons (Fsp3) is 1.00. The van der Waals surface area contributed by atoms with E-state index in [1.165, 1.54) is 24.3 Å². The molecule has 0 atom stereocenters. The molecule has 0 amide bonds. The van der Waals surface area contributed by atoms with E-state index in [-0.39, 0.29) is 5.54 Å². The van der Waals surface area contributed by atoms with Gasteiger partial charge in [-0.05, 0) is 24.3 Å². The lowest BCUT2D eigenvalue weighted by molar-refractivity contribution is -0.0133. The van der Waals surface area contributed by atoms with Gasteiger partial charge in [-0.15, -0.1) is 0 Å². The van der Waals surface area contributed by atoms with Crippen LogP contribution in [0.1, 0.15) is 12.8 Å². The van der Waals surface area contributed by atoms with Crippen LogP contribution in [0.5, 0.6) is 0 Å². The van der Waals surface area contributed by atoms with Gasteiger partial charge in [-0.3, -0.25) is 0 Å². The van der Waals surface area contributed by atoms with Gasteiger partial charge in [0.05, 0.1) is 13.2 Å². The maximum atomic E-state index is 5.93. The molecule has 2 rings (SSSR count). The Labute approximate surface area is 95.9 Å². The molecule has 4 nitrogen and oxygen atoms in total. The fourth-order valence-corrected chi connectivity index (χ4v) is 3.41. The lowest BCUT2D eigenvalue weighted by Gasteiger charge is -2.42. The van der Waals surface area contributed by atoms with E-state index in [1.54, 1.807) is 0 Å². The molecule has 0 aromatic carbocycles. The van der Waals surface area contributed by atoms with Gasteiger partial charge in [0.1, 0.15) is 0 Å². The summed E-state index contributed by atoms with van der Waals surface area (Å²) in [5.74, 6) is 2.46. The van der Waals surface area contributed by atoms with E-state index in [0.29, 0.717) is 0 Å². The summed E-state index contributed by atoms with van der Waals surface area (Å²) in [7, 11) is 0. The van der Waals surface area contributed by atoms with E-state index < -0.39 is 0 Å². The van der Waals surface area contributed by atoms with Crippen LogP contribution in [0, 0.1) is 0 Å². The van der Waals surface area contributed by atoms with Gasteiger partial charge in [-0.1, -0.05) is 0 Å². The first-order valence-electron chi connectivity index (χ1n) is 5.73. The van der Waals surface area contributed by atoms with Crippen LogP contribution in [-0.2, 0) is 4.74 Å². The van der Waals surface area contributed by atoms with E-state index in [9.17, 15) is 0 Å². The molecular formula is C10H21N3OS. The summed E-state index contributed by atoms with van der Waals surface area (Å²) in [6.45, 7) is 4.37. The minimum atomic E-state index is 0.155. The van der Waals surface area contributed by atoms with Gasteiger partial charge in [-0.2, -0.15) is 11.8 Å². The standard InChI is InChI=1S/C10H21N3OS/c11-9-10(1-7-15-8-2-10)12-13-3-5-14-6-4-13/h12H,1-9,11H2. The van der Waals surface area contributed by atoms with Gasteiger partial charge in [-0.25, -0.2) is 10.4 Å². The van der Waals surface area contributed by atoms with Crippen LogP contribution in [0.2, 0.25) is 0 Å². The summed E-state index contributed by atoms with van der Waals surface area (Å²) in [5.41, 5.74) is 9.72. The van der Waals surface area contributed by atoms with Crippen molar-refractivity contribution in [2.45, 2.75) is 18.4 Å². The number of hydrogen-bond acceptors (Lipinski definition) is 5. The van der Waals surface area contributed by atoms with E-state index in [2.05, 4.69) is 10.4 Å². The first kappa shape index (κ1) is 11.7. The molecule has 2 saturated heterocycles. The van der Waals surface area contributed by atoms with Crippen molar-refractivity contribution < 1.29 is 4.74 Å². The van der Waals surface area contributed by atoms with Crippen LogP contribution in [0.3, 0.4) is 0 Å². The second kappa shape index (κ2) is 5.50. The predicted molar refractivity (Wildman–Crippen MR) is 63.9 cm³/mol. The number of rotatable bonds is 3. The van der Waals surface area contributed by atoms with Crippen molar-refractivity contribution in [1.82, 2.24) is 10.4 Å². The minimum absolute atomic E-state index is 0.155. The van der Waals surface area contributed by atoms with Crippen LogP contribution < -0.4 is 11.2 Å². The maximum absolute atomic E-state index is 5.93. The van der Waals surface area contributed by atoms with Crippen molar-refractivity contribution in [2.24, 2.45) is 5.73 Å². The lowest BCUT2D eigenvalue weighted by Crippen LogP contribution is -2.61. The molecule has 3 N–H and O–H groups in total. The predicted octanol–water partition coefficient (Wildman–Crippen LogP) is 0.0477. The number of nitrogens with two attached hydrogens (primary N) is 1. The molecule has 2 aliphatic rings. The molecule has 0 radical (unpaired) electrons. The Morgan fingerprint density at radius 2 is 1.93 bits per heavy atom. The van der Waals surface area contributed by atoms with Gasteiger partial charge in [0.15, 0.2) is 0 Å². The Morgan fingerprint density at radius 1 is 1.27 bits per heavy atom. The Hall–Kier alpha value is 0.190. The van der Waals surface area contributed by atoms with E-state index in [4.69, 9.17) is 10.5 Å². The summed E-state index contributed by atoms with van der Waals surface area (Å²) in [5, 5.41) is 2.28. The van der Waals surface area contributed by atoms with E-state index >= 15 is 0 Å². The number of hydrazine groups is 1. The van der Waals surface area contributed by atoms with Crippen molar-refractivity contribution in [2.75, 3.05) is 44.4 Å². The van der Waals surface area contributed by atoms with E-state index in [1.807, 2.05) is 11.8 Å². The highest BCUT2D eigenvalue weighted by molar-refractivity contribution is 7.99. The number of morpholine rings is 1. The molecule has 0 aromatic rings. The van der Waals surface area contributed by atoms with Crippen molar-refractivity contribution in [3.05, 3.63) is 0 Å². The average Bonchev–Trinajstić information content (AvgIpc) is 2.32. The molecule has 0 spiro atoms. The van der Waals surface area contributed by atoms with Crippen LogP contribution in [0.4, 0.5) is 0 Å². The number of ether oxygens (including phenoxy) is 1. The van der Waals surface area contributed by atoms with Crippen molar-refractivity contribution in [3.63, 3.8) is 0 Å². The molecule has 88 valence electrons. The molecule has 2 fully saturated rings. The summed E-state index contributed by atoms with van der Waals surface area (Å²) in [4.78, 5) is 0. The zero-order valence-corrected chi connectivity index (χ0v) is 10.0. The van der Waals surface area contributed by atoms with Crippen molar-refractivity contribution in [3.8, 4) is 0 Å². The molecule has 0 unspecified atom stereocenters. The molecule has 0 saturated carbocycles. The molecule has 5 heteroatoms. The normalized spacial score (nSPS) is 27.8. The smallest absolute Gasteiger partial charge is 0.0608 e. The maximum Gasteiger partial charge on any atom is 0.0608 e. The highest BCUT2D eigenvalue weighted by atomic mass is 32.2. The van der Waals surface area contributed by atoms with Crippen molar-refractivity contribution >= 4 is 11.8 Å². The number of nitrogens with zero attached hydrogens (tertiary/aromatic N) is 1. The molecule has 0 bridgehead atoms. The van der Waals surface area contributed by atoms with Gasteiger partial charge in [0.25, 0.3) is 0 Å². The van der Waals surface area contributed by atoms with Crippen LogP contribution in [0.15, 0.2) is 0 Å². The van der Waals surface area contributed by atoms with Gasteiger partial charge in [0.2, 0.25) is 0 Å². The number of thioether (sulfide) groups is 1. The van der Waals surface area contributed by atoms with Crippen LogP contribution >= 0.6 is 11.8 Å². The number of nitrogens with one attached hydrogen (secondary N) is 1. The Balaban J connectivity index is 1.87. The minimum Gasteiger partial charge on any atom is -0.379 e. The second-order valence-corrected chi connectivity index (χ2v) is 5.53. The third-order valence-corrected chi connectivity index (χ3v) is 4.23. The Morgan fingerprint density at radius 3 is 2.53 bits per heavy atom. The highest BCUT2D eigenvalue weighted by Gasteiger charge is 2.32. The monoisotopic (exact) mass is 231 g/mol. The van der Waals surface area contributed by atoms with Gasteiger partial charge in [0, 0.05) is 25.2 Å². The third kappa shape index (κ3) is 3.07. The third-order valence-electron chi connectivity index (χ3n) is 3.25. The zero-order valence-electron chi connectivity index (χ0n) is 9.21. The molecule has 15 heavy (non-hydrogen) atoms. The van der Waals surface area contributed by atoms with Gasteiger partial charge < -0.3 is 10.5 Å². The lowest BCUT2D eigenvalue weighted by atomic mass is 9.93. The van der Waals surface area contributed by atoms with Crippen molar-refractivity contribution in [1.29, 1.82) is 0 Å². The molecule has 2 aliphatic heterocycles. The number of hydrogen-bond donors (Lipinski definition) is 2. The first-order valence-corrected chi connectivity index (χ1v) is 6.88. The molecule has 0 aromatic heterocycles. The molecular weight excluding hydrogens is 210 g/mol. The summed E-state index contributed by atoms with van der Waals surface area (Å²) in [6, 6.07) is 0. The Kier molecular flexibility index (Phi) is 4.28. The highest BCUT2D eigenvalue weighted by Crippen LogP contribution is 2.26. The Bertz CT molecular complexity index is 191. The topological polar surface area (TPSA) is 50.5 Å². The fourth-order valence-electron chi connectivity index (χ4n) is 2.13. The van der Waals surface area contributed by atoms with Crippen LogP contribution in [0.25, 0.3) is 0 Å². The molecule has 2 heterocycles. The summed E-state index contributed by atoms with van der Waals surface area (Å²) in [6.07, 6.45) is 2.37. The zero-order chi connectivity index (χ0) is 10.6. The summed E-state index contributed by atoms with van der Waals surface area (Å²) >= 11 is 2.04. The second-order valence-electron chi connectivity index (χ2n) is 4.31. The van der Waals surface area contributed by atoms with E-state index in [0.717, 1.165) is 32.8 Å².